The molecule has 1 saturated carbocycles. The molecule has 0 aromatic carbocycles. The minimum absolute atomic E-state index is 0.352. The monoisotopic (exact) mass is 147 g/mol. The summed E-state index contributed by atoms with van der Waals surface area (Å²) in [6.07, 6.45) is -5.70. The van der Waals surface area contributed by atoms with Gasteiger partial charge in [-0.3, -0.25) is 0 Å². The molecule has 0 aromatic heterocycles. The van der Waals surface area contributed by atoms with E-state index < -0.39 is 49.8 Å². The topological polar surface area (TPSA) is 0 Å². The Morgan fingerprint density at radius 3 is 3.70 bits per heavy atom. The number of hydrogen-bond donors (Lipinski definition) is 0. The fourth-order valence-corrected chi connectivity index (χ4v) is 1.17. The maximum Gasteiger partial charge on any atom is 0.0575 e. The average Bonchev–Trinajstić information content (AvgIpc) is 2.33. The van der Waals surface area contributed by atoms with Crippen molar-refractivity contribution >= 4 is 0 Å². The Balaban J connectivity index is 2.99. The molecule has 0 heteroatoms. The molecule has 3 rings (SSSR count). The van der Waals surface area contributed by atoms with Crippen LogP contribution in [0.25, 0.3) is 0 Å². The molecule has 0 aromatic rings. The van der Waals surface area contributed by atoms with Gasteiger partial charge in [-0.05, 0) is 36.9 Å². The van der Waals surface area contributed by atoms with E-state index in [0.29, 0.717) is 0 Å². The summed E-state index contributed by atoms with van der Waals surface area (Å²) in [4.78, 5) is 0. The van der Waals surface area contributed by atoms with E-state index in [0.717, 1.165) is 6.92 Å². The van der Waals surface area contributed by atoms with Crippen LogP contribution in [0.3, 0.4) is 0 Å². The molecule has 0 heterocycles. The van der Waals surface area contributed by atoms with E-state index in [4.69, 9.17) is 15.1 Å². The van der Waals surface area contributed by atoms with Crippen molar-refractivity contribution in [3.05, 3.63) is 11.6 Å². The van der Waals surface area contributed by atoms with E-state index in [1.807, 2.05) is 0 Å². The van der Waals surface area contributed by atoms with Crippen LogP contribution in [0.15, 0.2) is 11.6 Å². The first-order valence-electron chi connectivity index (χ1n) is 8.81. The second-order valence-corrected chi connectivity index (χ2v) is 2.66. The molecule has 0 saturated heterocycles. The Labute approximate surface area is 78.8 Å². The maximum absolute atomic E-state index is 8.37. The smallest absolute Gasteiger partial charge is 0.0575 e. The zero-order valence-electron chi connectivity index (χ0n) is 16.7. The van der Waals surface area contributed by atoms with Crippen molar-refractivity contribution < 1.29 is 15.1 Å². The van der Waals surface area contributed by atoms with Gasteiger partial charge < -0.3 is 0 Å². The highest BCUT2D eigenvalue weighted by atomic mass is 14.5. The molecule has 3 unspecified atom stereocenters. The van der Waals surface area contributed by atoms with Crippen molar-refractivity contribution in [2.75, 3.05) is 0 Å². The minimum atomic E-state index is -3.07. The molecule has 0 aliphatic heterocycles. The van der Waals surface area contributed by atoms with Crippen LogP contribution in [0.4, 0.5) is 0 Å². The normalized spacial score (nSPS) is 94.7. The van der Waals surface area contributed by atoms with Crippen molar-refractivity contribution in [3.8, 4) is 0 Å². The van der Waals surface area contributed by atoms with Gasteiger partial charge in [0.2, 0.25) is 0 Å². The predicted octanol–water partition coefficient (Wildman–Crippen LogP) is 3.00. The molecule has 10 heavy (non-hydrogen) atoms. The zero-order chi connectivity index (χ0) is 16.9. The standard InChI is InChI=1S/C10H16/c1-7-4-5-8-6-9(7)10(8,2)3/h4,8-9H,5-6H2,1-3H3/i2D,3D3,4D,5D2,6D2,8D,9D. The number of fused-ring (bicyclic) bond motifs is 1. The maximum atomic E-state index is 8.37. The Morgan fingerprint density at radius 1 is 2.10 bits per heavy atom. The third-order valence-electron chi connectivity index (χ3n) is 1.85. The van der Waals surface area contributed by atoms with Crippen molar-refractivity contribution in [3.63, 3.8) is 0 Å². The molecular weight excluding hydrogens is 120 g/mol. The van der Waals surface area contributed by atoms with E-state index in [-0.39, 0.29) is 5.57 Å². The van der Waals surface area contributed by atoms with Gasteiger partial charge in [0.1, 0.15) is 0 Å². The Morgan fingerprint density at radius 2 is 3.00 bits per heavy atom. The summed E-state index contributed by atoms with van der Waals surface area (Å²) >= 11 is 0. The molecule has 3 aliphatic rings. The molecule has 0 N–H and O–H groups in total. The van der Waals surface area contributed by atoms with E-state index >= 15 is 0 Å². The minimum Gasteiger partial charge on any atom is -0.0850 e. The Hall–Kier alpha value is -0.260. The predicted molar refractivity (Wildman–Crippen MR) is 43.8 cm³/mol. The quantitative estimate of drug-likeness (QED) is 0.462. The molecule has 1 fully saturated rings. The summed E-state index contributed by atoms with van der Waals surface area (Å²) in [5.41, 5.74) is -2.87. The molecular formula is C10H16. The molecule has 3 aliphatic carbocycles. The van der Waals surface area contributed by atoms with Crippen LogP contribution in [-0.4, -0.2) is 0 Å². The summed E-state index contributed by atoms with van der Waals surface area (Å²) in [7, 11) is 0. The third kappa shape index (κ3) is 0.574. The summed E-state index contributed by atoms with van der Waals surface area (Å²) in [6.45, 7) is -2.90. The van der Waals surface area contributed by atoms with Gasteiger partial charge in [-0.25, -0.2) is 0 Å². The lowest BCUT2D eigenvalue weighted by atomic mass is 9.49. The van der Waals surface area contributed by atoms with Crippen molar-refractivity contribution in [2.24, 2.45) is 17.2 Å². The van der Waals surface area contributed by atoms with Crippen LogP contribution >= 0.6 is 0 Å². The van der Waals surface area contributed by atoms with Gasteiger partial charge in [0.25, 0.3) is 0 Å². The van der Waals surface area contributed by atoms with Crippen LogP contribution in [0.1, 0.15) is 48.5 Å². The summed E-state index contributed by atoms with van der Waals surface area (Å²) in [6, 6.07) is -0.726. The van der Waals surface area contributed by atoms with Gasteiger partial charge in [0.05, 0.1) is 1.37 Å². The molecule has 0 amide bonds. The highest BCUT2D eigenvalue weighted by molar-refractivity contribution is 5.21. The second kappa shape index (κ2) is 1.66. The molecule has 0 nitrogen and oxygen atoms in total. The van der Waals surface area contributed by atoms with E-state index in [1.54, 1.807) is 0 Å². The first kappa shape index (κ1) is 1.57. The van der Waals surface area contributed by atoms with Gasteiger partial charge in [-0.2, -0.15) is 0 Å². The lowest BCUT2D eigenvalue weighted by Crippen LogP contribution is -2.47. The Kier molecular flexibility index (Phi) is 0.262. The van der Waals surface area contributed by atoms with Gasteiger partial charge in [0, 0.05) is 13.7 Å². The third-order valence-corrected chi connectivity index (χ3v) is 1.85. The molecule has 0 spiro atoms. The number of allylic oxidation sites excluding steroid dienone is 2. The number of hydrogen-bond acceptors (Lipinski definition) is 0. The van der Waals surface area contributed by atoms with E-state index in [1.165, 1.54) is 0 Å². The van der Waals surface area contributed by atoms with Gasteiger partial charge >= 0.3 is 0 Å². The van der Waals surface area contributed by atoms with Crippen LogP contribution < -0.4 is 0 Å². The highest BCUT2D eigenvalue weighted by Crippen LogP contribution is 2.58. The molecule has 56 valence electrons. The summed E-state index contributed by atoms with van der Waals surface area (Å²) < 4.78 is 86.9. The first-order valence-corrected chi connectivity index (χ1v) is 3.10. The fourth-order valence-electron chi connectivity index (χ4n) is 1.17. The van der Waals surface area contributed by atoms with Gasteiger partial charge in [-0.1, -0.05) is 25.4 Å². The van der Waals surface area contributed by atoms with E-state index in [9.17, 15) is 0 Å². The van der Waals surface area contributed by atoms with Crippen LogP contribution in [-0.2, 0) is 0 Å². The summed E-state index contributed by atoms with van der Waals surface area (Å²) in [5.74, 6) is -5.38. The molecule has 3 atom stereocenters. The van der Waals surface area contributed by atoms with Gasteiger partial charge in [0.15, 0.2) is 0 Å². The van der Waals surface area contributed by atoms with Crippen molar-refractivity contribution in [1.82, 2.24) is 0 Å². The zero-order valence-corrected chi connectivity index (χ0v) is 5.71. The van der Waals surface area contributed by atoms with Crippen molar-refractivity contribution in [1.29, 1.82) is 0 Å². The van der Waals surface area contributed by atoms with Gasteiger partial charge in [-0.15, -0.1) is 0 Å². The average molecular weight is 147 g/mol. The first-order chi connectivity index (χ1) is 9.13. The molecule has 2 bridgehead atoms. The second-order valence-electron chi connectivity index (χ2n) is 2.66. The summed E-state index contributed by atoms with van der Waals surface area (Å²) in [5, 5.41) is 0. The SMILES string of the molecule is [2H]CC1(C([2H])([2H])[2H])C2([2H])C(C)=C([2H])C([2H])([2H])C1([2H])C2([2H])[2H]. The largest absolute Gasteiger partial charge is 0.0850 e. The lowest BCUT2D eigenvalue weighted by Gasteiger charge is -2.56. The molecule has 0 radical (unpaired) electrons. The number of rotatable bonds is 0. The van der Waals surface area contributed by atoms with Crippen LogP contribution in [0.2, 0.25) is 0 Å². The fraction of sp³-hybridized carbons (Fsp3) is 0.800. The Bertz CT molecular complexity index is 532. The highest BCUT2D eigenvalue weighted by Gasteiger charge is 2.49. The van der Waals surface area contributed by atoms with Crippen molar-refractivity contribution in [2.45, 2.75) is 33.4 Å². The van der Waals surface area contributed by atoms with Crippen LogP contribution in [0, 0.1) is 17.2 Å². The van der Waals surface area contributed by atoms with Crippen LogP contribution in [0.5, 0.6) is 0 Å². The lowest BCUT2D eigenvalue weighted by molar-refractivity contribution is -0.00579. The van der Waals surface area contributed by atoms with E-state index in [2.05, 4.69) is 0 Å².